The number of rotatable bonds is 2. The van der Waals surface area contributed by atoms with Crippen LogP contribution in [0.1, 0.15) is 15.9 Å². The summed E-state index contributed by atoms with van der Waals surface area (Å²) in [6, 6.07) is 4.94. The number of nitrogens with one attached hydrogen (secondary N) is 1. The second-order valence-electron chi connectivity index (χ2n) is 3.58. The summed E-state index contributed by atoms with van der Waals surface area (Å²) in [5.74, 6) is -0.166. The normalized spacial score (nSPS) is 9.94. The molecule has 0 aliphatic rings. The predicted molar refractivity (Wildman–Crippen MR) is 62.8 cm³/mol. The van der Waals surface area contributed by atoms with E-state index in [0.29, 0.717) is 11.3 Å². The average Bonchev–Trinajstić information content (AvgIpc) is 2.35. The zero-order chi connectivity index (χ0) is 12.3. The number of anilines is 1. The maximum absolute atomic E-state index is 11.7. The first-order valence-corrected chi connectivity index (χ1v) is 5.03. The van der Waals surface area contributed by atoms with Crippen LogP contribution in [-0.4, -0.2) is 21.0 Å². The molecule has 17 heavy (non-hydrogen) atoms. The first-order chi connectivity index (χ1) is 8.16. The molecule has 1 aromatic heterocycles. The Morgan fingerprint density at radius 3 is 2.65 bits per heavy atom. The van der Waals surface area contributed by atoms with Crippen LogP contribution in [-0.2, 0) is 0 Å². The van der Waals surface area contributed by atoms with Crippen LogP contribution in [0, 0.1) is 6.92 Å². The lowest BCUT2D eigenvalue weighted by atomic mass is 10.2. The minimum absolute atomic E-state index is 0.145. The highest BCUT2D eigenvalue weighted by atomic mass is 16.3. The average molecular weight is 229 g/mol. The Morgan fingerprint density at radius 2 is 2.00 bits per heavy atom. The molecule has 2 rings (SSSR count). The lowest BCUT2D eigenvalue weighted by Gasteiger charge is -2.06. The quantitative estimate of drug-likeness (QED) is 0.822. The number of aromatic hydroxyl groups is 1. The first-order valence-electron chi connectivity index (χ1n) is 5.03. The number of benzene rings is 1. The van der Waals surface area contributed by atoms with Crippen molar-refractivity contribution in [1.82, 2.24) is 9.97 Å². The van der Waals surface area contributed by atoms with Gasteiger partial charge in [-0.25, -0.2) is 9.97 Å². The monoisotopic (exact) mass is 229 g/mol. The molecule has 1 aromatic carbocycles. The number of hydrogen-bond acceptors (Lipinski definition) is 4. The molecule has 5 heteroatoms. The Morgan fingerprint density at radius 1 is 1.29 bits per heavy atom. The van der Waals surface area contributed by atoms with Crippen molar-refractivity contribution in [2.75, 3.05) is 5.32 Å². The summed E-state index contributed by atoms with van der Waals surface area (Å²) in [5.41, 5.74) is 1.65. The molecule has 2 N–H and O–H groups in total. The highest BCUT2D eigenvalue weighted by Crippen LogP contribution is 2.21. The molecule has 0 fully saturated rings. The Hall–Kier alpha value is -2.43. The van der Waals surface area contributed by atoms with Crippen LogP contribution in [0.15, 0.2) is 36.9 Å². The van der Waals surface area contributed by atoms with E-state index in [0.717, 1.165) is 5.56 Å². The first kappa shape index (κ1) is 11.1. The molecule has 0 atom stereocenters. The van der Waals surface area contributed by atoms with Gasteiger partial charge in [0.15, 0.2) is 0 Å². The van der Waals surface area contributed by atoms with Crippen molar-refractivity contribution in [3.05, 3.63) is 48.0 Å². The number of hydrogen-bond donors (Lipinski definition) is 2. The van der Waals surface area contributed by atoms with Gasteiger partial charge in [0, 0.05) is 24.1 Å². The SMILES string of the molecule is Cc1ccc(NC(=O)c2cncnc2)cc1O. The number of amides is 1. The van der Waals surface area contributed by atoms with Crippen molar-refractivity contribution in [2.45, 2.75) is 6.92 Å². The molecular weight excluding hydrogens is 218 g/mol. The molecule has 0 aliphatic heterocycles. The number of phenols is 1. The fourth-order valence-electron chi connectivity index (χ4n) is 1.31. The zero-order valence-electron chi connectivity index (χ0n) is 9.21. The third kappa shape index (κ3) is 2.57. The van der Waals surface area contributed by atoms with Crippen molar-refractivity contribution in [3.63, 3.8) is 0 Å². The van der Waals surface area contributed by atoms with Crippen molar-refractivity contribution in [1.29, 1.82) is 0 Å². The largest absolute Gasteiger partial charge is 0.508 e. The minimum Gasteiger partial charge on any atom is -0.508 e. The van der Waals surface area contributed by atoms with Gasteiger partial charge in [-0.1, -0.05) is 6.07 Å². The fourth-order valence-corrected chi connectivity index (χ4v) is 1.31. The van der Waals surface area contributed by atoms with Gasteiger partial charge in [0.05, 0.1) is 5.56 Å². The Kier molecular flexibility index (Phi) is 3.00. The summed E-state index contributed by atoms with van der Waals surface area (Å²) < 4.78 is 0. The number of nitrogens with zero attached hydrogens (tertiary/aromatic N) is 2. The predicted octanol–water partition coefficient (Wildman–Crippen LogP) is 1.74. The second kappa shape index (κ2) is 4.61. The summed E-state index contributed by atoms with van der Waals surface area (Å²) in [4.78, 5) is 19.3. The van der Waals surface area contributed by atoms with Crippen LogP contribution in [0.4, 0.5) is 5.69 Å². The van der Waals surface area contributed by atoms with E-state index in [9.17, 15) is 9.90 Å². The van der Waals surface area contributed by atoms with E-state index in [1.165, 1.54) is 24.8 Å². The highest BCUT2D eigenvalue weighted by Gasteiger charge is 2.07. The molecule has 1 amide bonds. The molecule has 2 aromatic rings. The number of aromatic nitrogens is 2. The third-order valence-corrected chi connectivity index (χ3v) is 2.29. The van der Waals surface area contributed by atoms with Crippen LogP contribution in [0.2, 0.25) is 0 Å². The van der Waals surface area contributed by atoms with E-state index in [4.69, 9.17) is 0 Å². The smallest absolute Gasteiger partial charge is 0.258 e. The van der Waals surface area contributed by atoms with Crippen LogP contribution < -0.4 is 5.32 Å². The summed E-state index contributed by atoms with van der Waals surface area (Å²) in [6.45, 7) is 1.78. The van der Waals surface area contributed by atoms with Gasteiger partial charge >= 0.3 is 0 Å². The molecule has 0 saturated heterocycles. The molecule has 1 heterocycles. The van der Waals surface area contributed by atoms with E-state index in [1.807, 2.05) is 0 Å². The van der Waals surface area contributed by atoms with Crippen LogP contribution in [0.3, 0.4) is 0 Å². The Labute approximate surface area is 98.2 Å². The van der Waals surface area contributed by atoms with Crippen molar-refractivity contribution < 1.29 is 9.90 Å². The number of aryl methyl sites for hydroxylation is 1. The zero-order valence-corrected chi connectivity index (χ0v) is 9.21. The van der Waals surface area contributed by atoms with Crippen LogP contribution >= 0.6 is 0 Å². The van der Waals surface area contributed by atoms with Gasteiger partial charge in [-0.15, -0.1) is 0 Å². The van der Waals surface area contributed by atoms with Crippen LogP contribution in [0.5, 0.6) is 5.75 Å². The second-order valence-corrected chi connectivity index (χ2v) is 3.58. The van der Waals surface area contributed by atoms with E-state index in [2.05, 4.69) is 15.3 Å². The van der Waals surface area contributed by atoms with E-state index >= 15 is 0 Å². The lowest BCUT2D eigenvalue weighted by molar-refractivity contribution is 0.102. The van der Waals surface area contributed by atoms with Gasteiger partial charge in [0.1, 0.15) is 12.1 Å². The summed E-state index contributed by atoms with van der Waals surface area (Å²) in [7, 11) is 0. The summed E-state index contributed by atoms with van der Waals surface area (Å²) in [6.07, 6.45) is 4.21. The molecular formula is C12H11N3O2. The molecule has 0 radical (unpaired) electrons. The standard InChI is InChI=1S/C12H11N3O2/c1-8-2-3-10(4-11(8)16)15-12(17)9-5-13-7-14-6-9/h2-7,16H,1H3,(H,15,17). The Balaban J connectivity index is 2.16. The Bertz CT molecular complexity index is 541. The van der Waals surface area contributed by atoms with Gasteiger partial charge < -0.3 is 10.4 Å². The minimum atomic E-state index is -0.311. The molecule has 0 saturated carbocycles. The van der Waals surface area contributed by atoms with Crippen molar-refractivity contribution >= 4 is 11.6 Å². The summed E-state index contributed by atoms with van der Waals surface area (Å²) >= 11 is 0. The molecule has 86 valence electrons. The molecule has 0 bridgehead atoms. The van der Waals surface area contributed by atoms with Crippen molar-refractivity contribution in [3.8, 4) is 5.75 Å². The van der Waals surface area contributed by atoms with E-state index < -0.39 is 0 Å². The van der Waals surface area contributed by atoms with Crippen LogP contribution in [0.25, 0.3) is 0 Å². The lowest BCUT2D eigenvalue weighted by Crippen LogP contribution is -2.12. The van der Waals surface area contributed by atoms with Gasteiger partial charge in [-0.2, -0.15) is 0 Å². The van der Waals surface area contributed by atoms with Gasteiger partial charge in [-0.3, -0.25) is 4.79 Å². The number of phenolic OH excluding ortho intramolecular Hbond substituents is 1. The molecule has 5 nitrogen and oxygen atoms in total. The molecule has 0 unspecified atom stereocenters. The van der Waals surface area contributed by atoms with E-state index in [1.54, 1.807) is 19.1 Å². The summed E-state index contributed by atoms with van der Waals surface area (Å²) in [5, 5.41) is 12.2. The topological polar surface area (TPSA) is 75.1 Å². The molecule has 0 spiro atoms. The van der Waals surface area contributed by atoms with E-state index in [-0.39, 0.29) is 11.7 Å². The van der Waals surface area contributed by atoms with Gasteiger partial charge in [-0.05, 0) is 18.6 Å². The molecule has 0 aliphatic carbocycles. The highest BCUT2D eigenvalue weighted by molar-refractivity contribution is 6.03. The fraction of sp³-hybridized carbons (Fsp3) is 0.0833. The maximum atomic E-state index is 11.7. The van der Waals surface area contributed by atoms with Gasteiger partial charge in [0.25, 0.3) is 5.91 Å². The van der Waals surface area contributed by atoms with Gasteiger partial charge in [0.2, 0.25) is 0 Å². The third-order valence-electron chi connectivity index (χ3n) is 2.29. The number of carbonyl (C=O) groups excluding carboxylic acids is 1. The number of carbonyl (C=O) groups is 1. The maximum Gasteiger partial charge on any atom is 0.258 e. The van der Waals surface area contributed by atoms with Crippen molar-refractivity contribution in [2.24, 2.45) is 0 Å².